The number of guanidine groups is 1. The summed E-state index contributed by atoms with van der Waals surface area (Å²) < 4.78 is 6.40. The monoisotopic (exact) mass is 996 g/mol. The van der Waals surface area contributed by atoms with Crippen LogP contribution in [-0.2, 0) is 4.74 Å². The zero-order valence-electron chi connectivity index (χ0n) is 41.7. The van der Waals surface area contributed by atoms with Crippen molar-refractivity contribution in [1.29, 1.82) is 0 Å². The van der Waals surface area contributed by atoms with E-state index in [2.05, 4.69) is 203 Å². The summed E-state index contributed by atoms with van der Waals surface area (Å²) in [5, 5.41) is 29.0. The summed E-state index contributed by atoms with van der Waals surface area (Å²) >= 11 is 1.86. The number of aryl methyl sites for hydroxylation is 1. The lowest BCUT2D eigenvalue weighted by Crippen LogP contribution is -2.46. The van der Waals surface area contributed by atoms with Crippen molar-refractivity contribution in [3.8, 4) is 0 Å². The maximum atomic E-state index is 12.4. The second-order valence-corrected chi connectivity index (χ2v) is 21.7. The fourth-order valence-corrected chi connectivity index (χ4v) is 14.0. The second kappa shape index (κ2) is 17.1. The van der Waals surface area contributed by atoms with Gasteiger partial charge in [-0.25, -0.2) is 15.0 Å². The third-order valence-corrected chi connectivity index (χ3v) is 17.6. The molecule has 0 bridgehead atoms. The van der Waals surface area contributed by atoms with E-state index in [0.29, 0.717) is 11.7 Å². The van der Waals surface area contributed by atoms with Gasteiger partial charge in [-0.15, -0.1) is 0 Å². The van der Waals surface area contributed by atoms with E-state index >= 15 is 0 Å². The predicted molar refractivity (Wildman–Crippen MR) is 305 cm³/mol. The Morgan fingerprint density at radius 1 is 0.760 bits per heavy atom. The van der Waals surface area contributed by atoms with Crippen LogP contribution in [0, 0.1) is 24.7 Å². The van der Waals surface area contributed by atoms with Crippen molar-refractivity contribution in [3.05, 3.63) is 225 Å². The van der Waals surface area contributed by atoms with Gasteiger partial charge >= 0.3 is 0 Å². The summed E-state index contributed by atoms with van der Waals surface area (Å²) in [6.07, 6.45) is 23.7. The molecule has 0 radical (unpaired) electrons. The van der Waals surface area contributed by atoms with Crippen LogP contribution in [0.4, 0.5) is 28.7 Å². The van der Waals surface area contributed by atoms with E-state index in [0.717, 1.165) is 132 Å². The van der Waals surface area contributed by atoms with Gasteiger partial charge in [-0.3, -0.25) is 9.80 Å². The van der Waals surface area contributed by atoms with Crippen LogP contribution in [0.15, 0.2) is 218 Å². The smallest absolute Gasteiger partial charge is 0.235 e. The minimum absolute atomic E-state index is 0.00373. The number of fused-ring (bicyclic) bond motifs is 1. The fraction of sp³-hybridized carbons (Fsp3) is 0.172. The number of allylic oxidation sites excluding steroid dienone is 12. The maximum Gasteiger partial charge on any atom is 0.235 e. The Morgan fingerprint density at radius 3 is 2.48 bits per heavy atom. The fourth-order valence-electron chi connectivity index (χ4n) is 12.8. The molecule has 8 aliphatic rings. The summed E-state index contributed by atoms with van der Waals surface area (Å²) in [5.41, 5.74) is 15.7. The highest BCUT2D eigenvalue weighted by atomic mass is 32.2. The first-order valence-corrected chi connectivity index (χ1v) is 26.9. The van der Waals surface area contributed by atoms with Gasteiger partial charge in [0, 0.05) is 73.0 Å². The van der Waals surface area contributed by atoms with Crippen molar-refractivity contribution in [3.63, 3.8) is 0 Å². The van der Waals surface area contributed by atoms with Gasteiger partial charge < -0.3 is 25.8 Å². The number of hydrogen-bond acceptors (Lipinski definition) is 11. The summed E-state index contributed by atoms with van der Waals surface area (Å²) in [4.78, 5) is 23.0. The molecule has 11 heteroatoms. The van der Waals surface area contributed by atoms with Crippen LogP contribution in [-0.4, -0.2) is 34.2 Å². The standard InChI is InChI=1S/C64H52N8O2S/c1-35-15-4-6-23-49(35)71(50-24-7-5-16-36(50)2)63-67-44-21-13-18-38-41(30-33-47(69-63)56(38)44)59-60(73)58(61(59)74-3)40-29-32-46-55-37(40)17-12-20-43(55)65-62(66-46)42-31-34-48-57-39(42)19-14-22-45(57)68-64(70-48)72-51-25-8-10-27-53(51)75-54-28-11-9-26-52(54)72/h4,6-10,12-15,17-27,29-34,37,40,58,61,65-66,73H,5,11,16,28H2,1-3H3,(H,67,69). The summed E-state index contributed by atoms with van der Waals surface area (Å²) in [5.74, 6) is 2.40. The second-order valence-electron chi connectivity index (χ2n) is 20.5. The molecule has 1 aromatic heterocycles. The van der Waals surface area contributed by atoms with Crippen molar-refractivity contribution in [2.45, 2.75) is 50.5 Å². The van der Waals surface area contributed by atoms with Gasteiger partial charge in [0.1, 0.15) is 11.6 Å². The number of aromatic nitrogens is 2. The number of aliphatic hydroxyl groups is 1. The summed E-state index contributed by atoms with van der Waals surface area (Å²) in [6, 6.07) is 38.3. The lowest BCUT2D eigenvalue weighted by atomic mass is 9.62. The number of rotatable bonds is 6. The van der Waals surface area contributed by atoms with Crippen molar-refractivity contribution in [2.75, 3.05) is 22.2 Å². The molecule has 4 unspecified atom stereocenters. The van der Waals surface area contributed by atoms with Crippen molar-refractivity contribution >= 4 is 90.4 Å². The van der Waals surface area contributed by atoms with E-state index < -0.39 is 0 Å². The first-order chi connectivity index (χ1) is 36.9. The summed E-state index contributed by atoms with van der Waals surface area (Å²) in [7, 11) is 1.76. The molecule has 6 aromatic carbocycles. The predicted octanol–water partition coefficient (Wildman–Crippen LogP) is 13.7. The Kier molecular flexibility index (Phi) is 10.1. The van der Waals surface area contributed by atoms with Crippen LogP contribution < -0.4 is 31.0 Å². The molecule has 4 atom stereocenters. The molecule has 366 valence electrons. The third kappa shape index (κ3) is 6.73. The van der Waals surface area contributed by atoms with Gasteiger partial charge in [0.05, 0.1) is 51.5 Å². The van der Waals surface area contributed by atoms with Crippen molar-refractivity contribution in [2.24, 2.45) is 22.7 Å². The Balaban J connectivity index is 0.755. The summed E-state index contributed by atoms with van der Waals surface area (Å²) in [6.45, 7) is 4.37. The van der Waals surface area contributed by atoms with Crippen LogP contribution in [0.2, 0.25) is 0 Å². The number of benzene rings is 6. The molecule has 7 aromatic rings. The molecule has 75 heavy (non-hydrogen) atoms. The molecular formula is C64H52N8O2S. The van der Waals surface area contributed by atoms with Crippen LogP contribution >= 0.6 is 11.8 Å². The number of aliphatic hydroxyl groups excluding tert-OH is 1. The van der Waals surface area contributed by atoms with E-state index in [4.69, 9.17) is 19.7 Å². The average molecular weight is 997 g/mol. The molecule has 0 saturated carbocycles. The van der Waals surface area contributed by atoms with Crippen molar-refractivity contribution in [1.82, 2.24) is 20.6 Å². The van der Waals surface area contributed by atoms with Gasteiger partial charge in [0.25, 0.3) is 0 Å². The van der Waals surface area contributed by atoms with Crippen LogP contribution in [0.3, 0.4) is 0 Å². The molecule has 0 saturated heterocycles. The molecule has 0 fully saturated rings. The highest BCUT2D eigenvalue weighted by molar-refractivity contribution is 8.03. The maximum absolute atomic E-state index is 12.4. The zero-order chi connectivity index (χ0) is 50.1. The molecule has 5 aliphatic carbocycles. The minimum atomic E-state index is -0.332. The van der Waals surface area contributed by atoms with Gasteiger partial charge in [-0.1, -0.05) is 103 Å². The Labute approximate surface area is 439 Å². The van der Waals surface area contributed by atoms with E-state index in [1.807, 2.05) is 11.8 Å². The first kappa shape index (κ1) is 44.1. The Hall–Kier alpha value is -8.38. The number of ether oxygens (including phenoxy) is 1. The Bertz CT molecular complexity index is 4080. The number of nitrogens with zero attached hydrogens (tertiary/aromatic N) is 5. The number of para-hydroxylation sites is 2. The van der Waals surface area contributed by atoms with Gasteiger partial charge in [0.2, 0.25) is 11.9 Å². The number of hydrogen-bond donors (Lipinski definition) is 4. The quantitative estimate of drug-likeness (QED) is 0.129. The lowest BCUT2D eigenvalue weighted by Gasteiger charge is -2.47. The van der Waals surface area contributed by atoms with Crippen LogP contribution in [0.1, 0.15) is 43.7 Å². The third-order valence-electron chi connectivity index (χ3n) is 16.4. The van der Waals surface area contributed by atoms with Gasteiger partial charge in [-0.05, 0) is 140 Å². The SMILES string of the molecule is COC1C(c2ccc3c4c(cccc24)NC(N(C2=C(C)CCC=C2)c2ccccc2C)=N3)=C(O)C1C1C=CC2=C3C(=CC=CC31)NC(=c1ccc3nc(N4C5=C(CCC=C5)Sc5ccccc54)nc4cccc1c43)N2. The van der Waals surface area contributed by atoms with E-state index in [9.17, 15) is 5.11 Å². The Morgan fingerprint density at radius 2 is 1.59 bits per heavy atom. The molecular weight excluding hydrogens is 945 g/mol. The lowest BCUT2D eigenvalue weighted by molar-refractivity contribution is 0.0406. The normalized spacial score (nSPS) is 22.9. The number of methoxy groups -OCH3 is 1. The van der Waals surface area contributed by atoms with Gasteiger partial charge in [-0.2, -0.15) is 0 Å². The molecule has 10 nitrogen and oxygen atoms in total. The van der Waals surface area contributed by atoms with E-state index in [1.54, 1.807) is 7.11 Å². The molecule has 4 N–H and O–H groups in total. The van der Waals surface area contributed by atoms with Crippen molar-refractivity contribution < 1.29 is 9.84 Å². The number of anilines is 4. The van der Waals surface area contributed by atoms with E-state index in [1.165, 1.54) is 26.5 Å². The number of nitrogens with one attached hydrogen (secondary N) is 3. The van der Waals surface area contributed by atoms with Gasteiger partial charge in [0.15, 0.2) is 0 Å². The molecule has 15 rings (SSSR count). The number of aliphatic imine (C=N–C) groups is 1. The zero-order valence-corrected chi connectivity index (χ0v) is 42.5. The van der Waals surface area contributed by atoms with E-state index in [-0.39, 0.29) is 23.9 Å². The highest BCUT2D eigenvalue weighted by Gasteiger charge is 2.50. The largest absolute Gasteiger partial charge is 0.511 e. The molecule has 0 spiro atoms. The first-order valence-electron chi connectivity index (χ1n) is 26.1. The molecule has 0 amide bonds. The molecule has 3 aliphatic heterocycles. The molecule has 4 heterocycles. The topological polar surface area (TPSA) is 110 Å². The van der Waals surface area contributed by atoms with Crippen LogP contribution in [0.5, 0.6) is 0 Å². The number of thioether (sulfide) groups is 1. The highest BCUT2D eigenvalue weighted by Crippen LogP contribution is 2.55. The van der Waals surface area contributed by atoms with Crippen LogP contribution in [0.25, 0.3) is 44.0 Å². The minimum Gasteiger partial charge on any atom is -0.511 e. The average Bonchev–Trinajstić information content (AvgIpc) is 3.48.